The van der Waals surface area contributed by atoms with E-state index in [1.54, 1.807) is 0 Å². The van der Waals surface area contributed by atoms with Crippen LogP contribution in [0.3, 0.4) is 0 Å². The highest BCUT2D eigenvalue weighted by Crippen LogP contribution is 2.63. The monoisotopic (exact) mass is 763 g/mol. The molecule has 12 rings (SSSR count). The van der Waals surface area contributed by atoms with Crippen LogP contribution in [0.2, 0.25) is 0 Å². The molecule has 0 N–H and O–H groups in total. The highest BCUT2D eigenvalue weighted by Gasteiger charge is 2.50. The Hall–Kier alpha value is -6.38. The van der Waals surface area contributed by atoms with Gasteiger partial charge in [0.15, 0.2) is 7.14 Å². The van der Waals surface area contributed by atoms with Gasteiger partial charge in [-0.05, 0) is 69.1 Å². The summed E-state index contributed by atoms with van der Waals surface area (Å²) >= 11 is 1.89. The Bertz CT molecular complexity index is 3210. The lowest BCUT2D eigenvalue weighted by Gasteiger charge is -2.40. The van der Waals surface area contributed by atoms with Crippen LogP contribution in [-0.2, 0) is 9.98 Å². The van der Waals surface area contributed by atoms with Gasteiger partial charge in [-0.1, -0.05) is 188 Å². The second-order valence-electron chi connectivity index (χ2n) is 15.1. The van der Waals surface area contributed by atoms with E-state index in [9.17, 15) is 0 Å². The van der Waals surface area contributed by atoms with E-state index in [0.29, 0.717) is 0 Å². The molecule has 0 saturated carbocycles. The topological polar surface area (TPSA) is 22.0 Å². The molecule has 10 aromatic rings. The Morgan fingerprint density at radius 1 is 0.404 bits per heavy atom. The average Bonchev–Trinajstić information content (AvgIpc) is 3.79. The van der Waals surface area contributed by atoms with Crippen molar-refractivity contribution in [2.75, 3.05) is 0 Å². The summed E-state index contributed by atoms with van der Waals surface area (Å²) in [7, 11) is -3.16. The Balaban J connectivity index is 1.18. The molecule has 0 amide bonds. The highest BCUT2D eigenvalue weighted by molar-refractivity contribution is 7.99. The first-order valence-corrected chi connectivity index (χ1v) is 22.0. The van der Waals surface area contributed by atoms with Gasteiger partial charge in [0, 0.05) is 47.6 Å². The second-order valence-corrected chi connectivity index (χ2v) is 18.9. The van der Waals surface area contributed by atoms with Crippen molar-refractivity contribution in [3.8, 4) is 16.8 Å². The van der Waals surface area contributed by atoms with Crippen LogP contribution in [0.15, 0.2) is 216 Å². The highest BCUT2D eigenvalue weighted by atomic mass is 32.2. The summed E-state index contributed by atoms with van der Waals surface area (Å²) < 4.78 is 18.0. The molecule has 1 spiro atoms. The molecule has 57 heavy (non-hydrogen) atoms. The van der Waals surface area contributed by atoms with Crippen LogP contribution in [0.25, 0.3) is 49.4 Å². The normalized spacial score (nSPS) is 13.8. The number of nitrogens with zero attached hydrogens (tertiary/aromatic N) is 1. The van der Waals surface area contributed by atoms with Crippen LogP contribution in [-0.4, -0.2) is 4.57 Å². The number of rotatable bonds is 4. The van der Waals surface area contributed by atoms with Crippen LogP contribution in [0.1, 0.15) is 22.3 Å². The molecule has 1 aliphatic carbocycles. The molecule has 2 nitrogen and oxygen atoms in total. The van der Waals surface area contributed by atoms with Gasteiger partial charge in [-0.2, -0.15) is 0 Å². The van der Waals surface area contributed by atoms with Crippen LogP contribution < -0.4 is 15.9 Å². The predicted molar refractivity (Wildman–Crippen MR) is 239 cm³/mol. The number of benzene rings is 9. The molecule has 9 aromatic carbocycles. The molecule has 0 radical (unpaired) electrons. The van der Waals surface area contributed by atoms with Gasteiger partial charge in [-0.25, -0.2) is 0 Å². The van der Waals surface area contributed by atoms with Gasteiger partial charge in [0.05, 0.1) is 16.4 Å². The molecule has 4 heteroatoms. The third-order valence-electron chi connectivity index (χ3n) is 12.3. The van der Waals surface area contributed by atoms with Gasteiger partial charge < -0.3 is 9.13 Å². The maximum absolute atomic E-state index is 15.5. The van der Waals surface area contributed by atoms with Gasteiger partial charge in [-0.3, -0.25) is 0 Å². The number of aromatic nitrogens is 1. The van der Waals surface area contributed by atoms with Crippen molar-refractivity contribution in [2.24, 2.45) is 0 Å². The lowest BCUT2D eigenvalue weighted by Crippen LogP contribution is -2.32. The minimum Gasteiger partial charge on any atom is -0.309 e. The smallest absolute Gasteiger partial charge is 0.171 e. The quantitative estimate of drug-likeness (QED) is 0.167. The van der Waals surface area contributed by atoms with E-state index in [1.165, 1.54) is 75.7 Å². The first-order valence-electron chi connectivity index (χ1n) is 19.5. The molecule has 2 heterocycles. The van der Waals surface area contributed by atoms with Crippen LogP contribution >= 0.6 is 18.9 Å². The summed E-state index contributed by atoms with van der Waals surface area (Å²) in [4.78, 5) is 2.54. The lowest BCUT2D eigenvalue weighted by atomic mass is 9.67. The molecular weight excluding hydrogens is 730 g/mol. The second kappa shape index (κ2) is 12.3. The van der Waals surface area contributed by atoms with Crippen molar-refractivity contribution in [3.63, 3.8) is 0 Å². The fraction of sp³-hybridized carbons (Fsp3) is 0.0189. The molecule has 0 saturated heterocycles. The van der Waals surface area contributed by atoms with Crippen LogP contribution in [0.4, 0.5) is 0 Å². The lowest BCUT2D eigenvalue weighted by molar-refractivity contribution is 0.592. The first kappa shape index (κ1) is 32.8. The molecule has 2 aliphatic rings. The van der Waals surface area contributed by atoms with Crippen molar-refractivity contribution < 1.29 is 4.57 Å². The predicted octanol–water partition coefficient (Wildman–Crippen LogP) is 12.4. The summed E-state index contributed by atoms with van der Waals surface area (Å²) in [6.07, 6.45) is 0. The molecule has 1 aromatic heterocycles. The summed E-state index contributed by atoms with van der Waals surface area (Å²) in [5.74, 6) is 0. The Morgan fingerprint density at radius 3 is 1.61 bits per heavy atom. The van der Waals surface area contributed by atoms with E-state index in [4.69, 9.17) is 0 Å². The van der Waals surface area contributed by atoms with Gasteiger partial charge in [0.1, 0.15) is 0 Å². The number of hydrogen-bond donors (Lipinski definition) is 0. The van der Waals surface area contributed by atoms with Gasteiger partial charge >= 0.3 is 0 Å². The summed E-state index contributed by atoms with van der Waals surface area (Å²) in [6, 6.07) is 73.5. The first-order chi connectivity index (χ1) is 28.2. The molecule has 0 fully saturated rings. The maximum Gasteiger partial charge on any atom is 0.171 e. The minimum atomic E-state index is -3.16. The molecule has 268 valence electrons. The van der Waals surface area contributed by atoms with Crippen molar-refractivity contribution in [1.29, 1.82) is 0 Å². The third-order valence-corrected chi connectivity index (χ3v) is 16.6. The van der Waals surface area contributed by atoms with Crippen molar-refractivity contribution >= 4 is 67.4 Å². The summed E-state index contributed by atoms with van der Waals surface area (Å²) in [6.45, 7) is 0. The van der Waals surface area contributed by atoms with Crippen molar-refractivity contribution in [3.05, 3.63) is 229 Å². The zero-order valence-electron chi connectivity index (χ0n) is 30.8. The third kappa shape index (κ3) is 4.42. The SMILES string of the molecule is O=P(c1ccccc1)(c1ccccc1)c1ccc(-n2c3c4c(ccc3c3ccc5ccccc5c32)C2(c3ccccc3S4)c3ccccc3-c3ccccc32)cc1. The minimum absolute atomic E-state index is 0.482. The molecule has 0 bridgehead atoms. The Kier molecular flexibility index (Phi) is 7.09. The van der Waals surface area contributed by atoms with Crippen molar-refractivity contribution in [1.82, 2.24) is 4.57 Å². The zero-order valence-corrected chi connectivity index (χ0v) is 32.6. The average molecular weight is 764 g/mol. The molecule has 0 atom stereocenters. The van der Waals surface area contributed by atoms with E-state index < -0.39 is 12.6 Å². The molecular formula is C53H34NOPS. The van der Waals surface area contributed by atoms with Crippen LogP contribution in [0, 0.1) is 0 Å². The maximum atomic E-state index is 15.5. The van der Waals surface area contributed by atoms with Crippen LogP contribution in [0.5, 0.6) is 0 Å². The van der Waals surface area contributed by atoms with E-state index in [1.807, 2.05) is 72.4 Å². The van der Waals surface area contributed by atoms with E-state index in [-0.39, 0.29) is 0 Å². The molecule has 1 aliphatic heterocycles. The largest absolute Gasteiger partial charge is 0.309 e. The Labute approximate surface area is 335 Å². The number of fused-ring (bicyclic) bond motifs is 15. The van der Waals surface area contributed by atoms with Gasteiger partial charge in [-0.15, -0.1) is 0 Å². The fourth-order valence-corrected chi connectivity index (χ4v) is 13.9. The number of hydrogen-bond acceptors (Lipinski definition) is 2. The summed E-state index contributed by atoms with van der Waals surface area (Å²) in [5, 5.41) is 7.32. The van der Waals surface area contributed by atoms with E-state index in [2.05, 4.69) is 150 Å². The summed E-state index contributed by atoms with van der Waals surface area (Å²) in [5.41, 5.74) is 10.8. The van der Waals surface area contributed by atoms with Gasteiger partial charge in [0.2, 0.25) is 0 Å². The fourth-order valence-electron chi connectivity index (χ4n) is 9.96. The molecule has 0 unspecified atom stereocenters. The van der Waals surface area contributed by atoms with E-state index >= 15 is 4.57 Å². The van der Waals surface area contributed by atoms with Gasteiger partial charge in [0.25, 0.3) is 0 Å². The van der Waals surface area contributed by atoms with E-state index in [0.717, 1.165) is 21.6 Å². The zero-order chi connectivity index (χ0) is 37.7. The Morgan fingerprint density at radius 2 is 0.930 bits per heavy atom. The van der Waals surface area contributed by atoms with Crippen molar-refractivity contribution in [2.45, 2.75) is 15.2 Å². The standard InChI is InChI=1S/C53H34NOPS/c55-56(37-16-3-1-4-17-37,38-18-5-2-6-19-38)39-30-28-36(29-31-39)54-50-40-20-8-7-15-35(40)27-32-43(50)44-33-34-48-52(51(44)54)57-49-26-14-13-25-47(49)53(48)45-23-11-9-21-41(45)42-22-10-12-24-46(42)53/h1-34H.